The zero-order chi connectivity index (χ0) is 15.3. The minimum Gasteiger partial charge on any atom is -0.290 e. The molecule has 1 saturated carbocycles. The molecule has 0 spiro atoms. The Morgan fingerprint density at radius 2 is 2.18 bits per heavy atom. The second kappa shape index (κ2) is 5.33. The van der Waals surface area contributed by atoms with Gasteiger partial charge in [-0.15, -0.1) is 11.3 Å². The van der Waals surface area contributed by atoms with Crippen molar-refractivity contribution in [3.8, 4) is 0 Å². The molecule has 22 heavy (non-hydrogen) atoms. The van der Waals surface area contributed by atoms with Crippen LogP contribution in [0.25, 0.3) is 10.2 Å². The van der Waals surface area contributed by atoms with Crippen LogP contribution < -0.4 is 5.56 Å². The molecule has 0 aromatic carbocycles. The first-order chi connectivity index (χ1) is 10.6. The maximum Gasteiger partial charge on any atom is 0.262 e. The Morgan fingerprint density at radius 1 is 1.36 bits per heavy atom. The van der Waals surface area contributed by atoms with Crippen LogP contribution in [0.4, 0.5) is 0 Å². The van der Waals surface area contributed by atoms with Gasteiger partial charge in [0.1, 0.15) is 20.8 Å². The van der Waals surface area contributed by atoms with E-state index in [1.807, 2.05) is 5.38 Å². The van der Waals surface area contributed by atoms with Gasteiger partial charge in [-0.2, -0.15) is 0 Å². The highest BCUT2D eigenvalue weighted by Crippen LogP contribution is 2.39. The summed E-state index contributed by atoms with van der Waals surface area (Å²) >= 11 is 8.89. The van der Waals surface area contributed by atoms with E-state index in [1.165, 1.54) is 23.1 Å². The maximum absolute atomic E-state index is 12.3. The number of fused-ring (bicyclic) bond motifs is 1. The quantitative estimate of drug-likeness (QED) is 0.534. The van der Waals surface area contributed by atoms with Crippen molar-refractivity contribution in [2.24, 2.45) is 7.05 Å². The van der Waals surface area contributed by atoms with Gasteiger partial charge in [0.05, 0.1) is 5.39 Å². The largest absolute Gasteiger partial charge is 0.290 e. The molecule has 3 aromatic heterocycles. The van der Waals surface area contributed by atoms with Crippen molar-refractivity contribution in [1.82, 2.24) is 19.5 Å². The molecule has 0 saturated heterocycles. The number of nitrogens with zero attached hydrogens (tertiary/aromatic N) is 4. The molecule has 0 radical (unpaired) electrons. The highest BCUT2D eigenvalue weighted by molar-refractivity contribution is 7.99. The fourth-order valence-electron chi connectivity index (χ4n) is 2.16. The summed E-state index contributed by atoms with van der Waals surface area (Å²) in [4.78, 5) is 26.4. The van der Waals surface area contributed by atoms with Gasteiger partial charge in [0.2, 0.25) is 0 Å². The normalized spacial score (nSPS) is 14.6. The topological polar surface area (TPSA) is 60.7 Å². The van der Waals surface area contributed by atoms with Crippen LogP contribution in [0, 0.1) is 0 Å². The minimum atomic E-state index is -0.0451. The summed E-state index contributed by atoms with van der Waals surface area (Å²) in [6, 6.07) is 3.51. The lowest BCUT2D eigenvalue weighted by molar-refractivity contribution is 0.726. The van der Waals surface area contributed by atoms with Crippen molar-refractivity contribution in [2.75, 3.05) is 0 Å². The Labute approximate surface area is 139 Å². The Morgan fingerprint density at radius 3 is 2.95 bits per heavy atom. The van der Waals surface area contributed by atoms with Crippen molar-refractivity contribution in [3.63, 3.8) is 0 Å². The summed E-state index contributed by atoms with van der Waals surface area (Å²) in [6.07, 6.45) is 2.23. The van der Waals surface area contributed by atoms with Crippen LogP contribution in [0.3, 0.4) is 0 Å². The molecular weight excluding hydrogens is 340 g/mol. The second-order valence-corrected chi connectivity index (χ2v) is 7.43. The van der Waals surface area contributed by atoms with Gasteiger partial charge in [-0.1, -0.05) is 11.6 Å². The molecule has 1 aliphatic rings. The Kier molecular flexibility index (Phi) is 3.43. The molecule has 3 heterocycles. The van der Waals surface area contributed by atoms with E-state index in [9.17, 15) is 4.79 Å². The van der Waals surface area contributed by atoms with Gasteiger partial charge in [0.25, 0.3) is 5.56 Å². The predicted octanol–water partition coefficient (Wildman–Crippen LogP) is 3.47. The van der Waals surface area contributed by atoms with Gasteiger partial charge in [0, 0.05) is 19.0 Å². The van der Waals surface area contributed by atoms with E-state index >= 15 is 0 Å². The molecule has 8 heteroatoms. The van der Waals surface area contributed by atoms with Crippen LogP contribution >= 0.6 is 34.7 Å². The molecule has 5 nitrogen and oxygen atoms in total. The van der Waals surface area contributed by atoms with Gasteiger partial charge in [-0.05, 0) is 36.0 Å². The first kappa shape index (κ1) is 14.2. The van der Waals surface area contributed by atoms with Crippen molar-refractivity contribution in [1.29, 1.82) is 0 Å². The van der Waals surface area contributed by atoms with E-state index < -0.39 is 0 Å². The lowest BCUT2D eigenvalue weighted by Crippen LogP contribution is -2.19. The highest BCUT2D eigenvalue weighted by atomic mass is 35.5. The van der Waals surface area contributed by atoms with Crippen molar-refractivity contribution in [2.45, 2.75) is 28.9 Å². The zero-order valence-electron chi connectivity index (χ0n) is 11.6. The summed E-state index contributed by atoms with van der Waals surface area (Å²) in [5.41, 5.74) is -0.0451. The Balaban J connectivity index is 1.77. The van der Waals surface area contributed by atoms with Crippen LogP contribution in [0.5, 0.6) is 0 Å². The molecule has 0 unspecified atom stereocenters. The number of thiophene rings is 1. The van der Waals surface area contributed by atoms with Crippen LogP contribution in [0.2, 0.25) is 5.15 Å². The van der Waals surface area contributed by atoms with Crippen LogP contribution in [0.15, 0.2) is 32.5 Å². The molecule has 0 aliphatic heterocycles. The van der Waals surface area contributed by atoms with E-state index in [2.05, 4.69) is 15.0 Å². The molecule has 0 amide bonds. The smallest absolute Gasteiger partial charge is 0.262 e. The Hall–Kier alpha value is -1.44. The fraction of sp³-hybridized carbons (Fsp3) is 0.286. The molecule has 1 aliphatic carbocycles. The molecule has 3 aromatic rings. The fourth-order valence-corrected chi connectivity index (χ4v) is 4.08. The molecule has 0 atom stereocenters. The lowest BCUT2D eigenvalue weighted by Gasteiger charge is -2.07. The third-order valence-electron chi connectivity index (χ3n) is 3.49. The number of hydrogen-bond acceptors (Lipinski definition) is 6. The summed E-state index contributed by atoms with van der Waals surface area (Å²) in [7, 11) is 1.72. The summed E-state index contributed by atoms with van der Waals surface area (Å²) < 4.78 is 1.55. The molecule has 0 bridgehead atoms. The van der Waals surface area contributed by atoms with Gasteiger partial charge in [-0.3, -0.25) is 9.36 Å². The highest BCUT2D eigenvalue weighted by Gasteiger charge is 2.27. The molecule has 0 N–H and O–H groups in total. The predicted molar refractivity (Wildman–Crippen MR) is 88.0 cm³/mol. The molecule has 4 rings (SSSR count). The molecular formula is C14H11ClN4OS2. The van der Waals surface area contributed by atoms with Crippen LogP contribution in [-0.4, -0.2) is 19.5 Å². The summed E-state index contributed by atoms with van der Waals surface area (Å²) in [5, 5.41) is 4.29. The summed E-state index contributed by atoms with van der Waals surface area (Å²) in [6.45, 7) is 0. The van der Waals surface area contributed by atoms with Crippen LogP contribution in [-0.2, 0) is 7.05 Å². The molecule has 112 valence electrons. The van der Waals surface area contributed by atoms with Gasteiger partial charge < -0.3 is 0 Å². The van der Waals surface area contributed by atoms with E-state index in [-0.39, 0.29) is 5.56 Å². The van der Waals surface area contributed by atoms with Gasteiger partial charge >= 0.3 is 0 Å². The maximum atomic E-state index is 12.3. The SMILES string of the molecule is Cn1c(Sc2cc(Cl)nc(C3CC3)n2)nc2sccc2c1=O. The van der Waals surface area contributed by atoms with Crippen LogP contribution in [0.1, 0.15) is 24.6 Å². The second-order valence-electron chi connectivity index (χ2n) is 5.16. The van der Waals surface area contributed by atoms with Crippen molar-refractivity contribution in [3.05, 3.63) is 38.8 Å². The van der Waals surface area contributed by atoms with Crippen molar-refractivity contribution >= 4 is 44.9 Å². The van der Waals surface area contributed by atoms with E-state index in [0.717, 1.165) is 28.5 Å². The average Bonchev–Trinajstić information content (AvgIpc) is 3.23. The Bertz CT molecular complexity index is 932. The lowest BCUT2D eigenvalue weighted by atomic mass is 10.4. The third kappa shape index (κ3) is 2.53. The standard InChI is InChI=1S/C14H11ClN4OS2/c1-19-13(20)8-4-5-21-12(8)18-14(19)22-10-6-9(15)16-11(17-10)7-2-3-7/h4-7H,2-3H2,1H3. The van der Waals surface area contributed by atoms with E-state index in [0.29, 0.717) is 21.6 Å². The van der Waals surface area contributed by atoms with Gasteiger partial charge in [0.15, 0.2) is 5.16 Å². The first-order valence-electron chi connectivity index (χ1n) is 6.78. The number of aromatic nitrogens is 4. The zero-order valence-corrected chi connectivity index (χ0v) is 14.0. The van der Waals surface area contributed by atoms with E-state index in [4.69, 9.17) is 11.6 Å². The van der Waals surface area contributed by atoms with E-state index in [1.54, 1.807) is 23.7 Å². The molecule has 1 fully saturated rings. The van der Waals surface area contributed by atoms with Gasteiger partial charge in [-0.25, -0.2) is 15.0 Å². The third-order valence-corrected chi connectivity index (χ3v) is 5.46. The monoisotopic (exact) mass is 350 g/mol. The average molecular weight is 351 g/mol. The first-order valence-corrected chi connectivity index (χ1v) is 8.86. The number of rotatable bonds is 3. The minimum absolute atomic E-state index is 0.0451. The van der Waals surface area contributed by atoms with Crippen molar-refractivity contribution < 1.29 is 0 Å². The number of hydrogen-bond donors (Lipinski definition) is 0. The summed E-state index contributed by atoms with van der Waals surface area (Å²) in [5.74, 6) is 1.21. The number of halogens is 1.